The summed E-state index contributed by atoms with van der Waals surface area (Å²) >= 11 is 0. The molecule has 2 aromatic rings. The molecular weight excluding hydrogens is 270 g/mol. The van der Waals surface area contributed by atoms with Crippen molar-refractivity contribution in [3.63, 3.8) is 0 Å². The van der Waals surface area contributed by atoms with Crippen LogP contribution in [0.4, 0.5) is 5.82 Å². The lowest BCUT2D eigenvalue weighted by atomic mass is 10.1. The molecule has 10 heteroatoms. The van der Waals surface area contributed by atoms with Gasteiger partial charge in [0.1, 0.15) is 12.6 Å². The Balaban J connectivity index is 1.97. The van der Waals surface area contributed by atoms with E-state index >= 15 is 0 Å². The second-order valence-corrected chi connectivity index (χ2v) is 5.60. The van der Waals surface area contributed by atoms with Crippen LogP contribution in [0.5, 0.6) is 0 Å². The fourth-order valence-electron chi connectivity index (χ4n) is 2.71. The SMILES string of the molecule is BN(B)Nc1ncnc2c1ncn2[C@@H]1O[C@H](CO)C[C@@H]1C. The molecule has 0 aromatic carbocycles. The lowest BCUT2D eigenvalue weighted by molar-refractivity contribution is -0.0294. The van der Waals surface area contributed by atoms with E-state index in [4.69, 9.17) is 4.74 Å². The molecule has 110 valence electrons. The van der Waals surface area contributed by atoms with Crippen molar-refractivity contribution in [3.8, 4) is 0 Å². The number of imidazole rings is 1. The van der Waals surface area contributed by atoms with Crippen molar-refractivity contribution in [2.45, 2.75) is 25.7 Å². The van der Waals surface area contributed by atoms with Crippen LogP contribution in [-0.2, 0) is 4.74 Å². The number of aromatic nitrogens is 4. The monoisotopic (exact) mass is 288 g/mol. The first-order valence-corrected chi connectivity index (χ1v) is 6.98. The maximum Gasteiger partial charge on any atom is 0.194 e. The van der Waals surface area contributed by atoms with Crippen molar-refractivity contribution in [1.29, 1.82) is 0 Å². The first kappa shape index (κ1) is 14.3. The second kappa shape index (κ2) is 5.63. The first-order chi connectivity index (χ1) is 10.1. The summed E-state index contributed by atoms with van der Waals surface area (Å²) < 4.78 is 7.79. The van der Waals surface area contributed by atoms with Gasteiger partial charge >= 0.3 is 0 Å². The Morgan fingerprint density at radius 3 is 2.95 bits per heavy atom. The van der Waals surface area contributed by atoms with Gasteiger partial charge in [0.2, 0.25) is 0 Å². The molecule has 2 N–H and O–H groups in total. The zero-order chi connectivity index (χ0) is 15.0. The van der Waals surface area contributed by atoms with Crippen LogP contribution >= 0.6 is 0 Å². The van der Waals surface area contributed by atoms with Gasteiger partial charge < -0.3 is 20.1 Å². The van der Waals surface area contributed by atoms with Crippen LogP contribution in [0.1, 0.15) is 19.6 Å². The molecule has 0 spiro atoms. The molecule has 3 rings (SSSR count). The molecule has 1 fully saturated rings. The number of fused-ring (bicyclic) bond motifs is 1. The summed E-state index contributed by atoms with van der Waals surface area (Å²) in [6.07, 6.45) is 3.78. The maximum atomic E-state index is 9.26. The van der Waals surface area contributed by atoms with Gasteiger partial charge in [-0.2, -0.15) is 0 Å². The second-order valence-electron chi connectivity index (χ2n) is 5.60. The smallest absolute Gasteiger partial charge is 0.194 e. The van der Waals surface area contributed by atoms with Crippen molar-refractivity contribution < 1.29 is 9.84 Å². The van der Waals surface area contributed by atoms with Crippen molar-refractivity contribution in [3.05, 3.63) is 12.7 Å². The zero-order valence-electron chi connectivity index (χ0n) is 12.4. The summed E-state index contributed by atoms with van der Waals surface area (Å²) in [4.78, 5) is 14.8. The minimum absolute atomic E-state index is 0.0376. The number of anilines is 1. The Morgan fingerprint density at radius 1 is 1.48 bits per heavy atom. The number of hydrogen-bond acceptors (Lipinski definition) is 7. The quantitative estimate of drug-likeness (QED) is 0.521. The van der Waals surface area contributed by atoms with Crippen LogP contribution in [-0.4, -0.2) is 58.1 Å². The number of hydrogen-bond donors (Lipinski definition) is 2. The van der Waals surface area contributed by atoms with Crippen LogP contribution < -0.4 is 5.43 Å². The van der Waals surface area contributed by atoms with Gasteiger partial charge in [0.15, 0.2) is 32.9 Å². The van der Waals surface area contributed by atoms with Gasteiger partial charge in [-0.15, -0.1) is 0 Å². The highest BCUT2D eigenvalue weighted by Crippen LogP contribution is 2.35. The Kier molecular flexibility index (Phi) is 3.83. The molecule has 0 unspecified atom stereocenters. The third kappa shape index (κ3) is 2.61. The minimum Gasteiger partial charge on any atom is -0.394 e. The predicted octanol–water partition coefficient (Wildman–Crippen LogP) is -1.53. The highest BCUT2D eigenvalue weighted by molar-refractivity contribution is 6.25. The summed E-state index contributed by atoms with van der Waals surface area (Å²) in [7, 11) is 3.78. The minimum atomic E-state index is -0.158. The van der Waals surface area contributed by atoms with E-state index in [0.29, 0.717) is 17.3 Å². The molecule has 1 aliphatic heterocycles. The average Bonchev–Trinajstić information content (AvgIpc) is 3.02. The van der Waals surface area contributed by atoms with Crippen LogP contribution in [0.3, 0.4) is 0 Å². The number of ether oxygens (including phenoxy) is 1. The molecule has 2 aromatic heterocycles. The predicted molar refractivity (Wildman–Crippen MR) is 82.6 cm³/mol. The van der Waals surface area contributed by atoms with E-state index in [9.17, 15) is 5.11 Å². The zero-order valence-corrected chi connectivity index (χ0v) is 12.4. The van der Waals surface area contributed by atoms with Crippen LogP contribution in [0.2, 0.25) is 0 Å². The average molecular weight is 288 g/mol. The lowest BCUT2D eigenvalue weighted by Gasteiger charge is -2.17. The van der Waals surface area contributed by atoms with E-state index in [-0.39, 0.29) is 18.9 Å². The standard InChI is InChI=1S/C11H18B2N6O2/c1-6-2-7(3-20)21-11(6)18-5-16-8-9(17-19(12)13)14-4-15-10(8)18/h4-7,11,20H,2-3,12-13H2,1H3,(H,14,15,17)/t6-,7-,11+/m0/s1. The Bertz CT molecular complexity index is 636. The molecule has 0 saturated carbocycles. The van der Waals surface area contributed by atoms with Crippen LogP contribution in [0, 0.1) is 5.92 Å². The molecule has 3 atom stereocenters. The molecule has 21 heavy (non-hydrogen) atoms. The topological polar surface area (TPSA) is 88.3 Å². The third-order valence-electron chi connectivity index (χ3n) is 3.62. The number of rotatable bonds is 4. The fraction of sp³-hybridized carbons (Fsp3) is 0.545. The van der Waals surface area contributed by atoms with Gasteiger partial charge in [0, 0.05) is 5.92 Å². The molecule has 0 bridgehead atoms. The third-order valence-corrected chi connectivity index (χ3v) is 3.62. The summed E-state index contributed by atoms with van der Waals surface area (Å²) in [5.41, 5.74) is 4.54. The number of hydrazine groups is 1. The van der Waals surface area contributed by atoms with Crippen molar-refractivity contribution in [1.82, 2.24) is 24.3 Å². The summed E-state index contributed by atoms with van der Waals surface area (Å²) in [5, 5.41) is 9.26. The van der Waals surface area contributed by atoms with Gasteiger partial charge in [-0.05, 0) is 6.42 Å². The highest BCUT2D eigenvalue weighted by atomic mass is 16.5. The molecular formula is C11H18B2N6O2. The van der Waals surface area contributed by atoms with Crippen molar-refractivity contribution in [2.24, 2.45) is 5.92 Å². The van der Waals surface area contributed by atoms with Gasteiger partial charge in [0.25, 0.3) is 0 Å². The normalized spacial score (nSPS) is 25.8. The number of aliphatic hydroxyl groups excluding tert-OH is 1. The van der Waals surface area contributed by atoms with E-state index in [2.05, 4.69) is 27.3 Å². The van der Waals surface area contributed by atoms with E-state index in [1.165, 1.54) is 6.33 Å². The van der Waals surface area contributed by atoms with Crippen LogP contribution in [0.25, 0.3) is 11.2 Å². The van der Waals surface area contributed by atoms with E-state index in [1.54, 1.807) is 11.2 Å². The number of nitrogens with one attached hydrogen (secondary N) is 1. The fourth-order valence-corrected chi connectivity index (χ4v) is 2.71. The molecule has 0 aliphatic carbocycles. The van der Waals surface area contributed by atoms with Crippen molar-refractivity contribution >= 4 is 32.9 Å². The Hall–Kier alpha value is -1.64. The van der Waals surface area contributed by atoms with E-state index in [0.717, 1.165) is 12.1 Å². The number of nitrogens with zero attached hydrogens (tertiary/aromatic N) is 5. The molecule has 3 heterocycles. The largest absolute Gasteiger partial charge is 0.394 e. The molecule has 1 saturated heterocycles. The van der Waals surface area contributed by atoms with Crippen molar-refractivity contribution in [2.75, 3.05) is 12.0 Å². The first-order valence-electron chi connectivity index (χ1n) is 6.98. The van der Waals surface area contributed by atoms with Gasteiger partial charge in [-0.25, -0.2) is 15.0 Å². The van der Waals surface area contributed by atoms with Crippen LogP contribution in [0.15, 0.2) is 12.7 Å². The Morgan fingerprint density at radius 2 is 2.29 bits per heavy atom. The Labute approximate surface area is 124 Å². The van der Waals surface area contributed by atoms with E-state index < -0.39 is 0 Å². The van der Waals surface area contributed by atoms with Gasteiger partial charge in [0.05, 0.1) is 19.0 Å². The summed E-state index contributed by atoms with van der Waals surface area (Å²) in [6, 6.07) is 0. The lowest BCUT2D eigenvalue weighted by Crippen LogP contribution is -2.24. The molecule has 0 radical (unpaired) electrons. The molecule has 1 aliphatic rings. The molecule has 0 amide bonds. The summed E-state index contributed by atoms with van der Waals surface area (Å²) in [6.45, 7) is 2.14. The maximum absolute atomic E-state index is 9.26. The molecule has 8 nitrogen and oxygen atoms in total. The van der Waals surface area contributed by atoms with Gasteiger partial charge in [-0.3, -0.25) is 4.57 Å². The summed E-state index contributed by atoms with van der Waals surface area (Å²) in [5.74, 6) is 0.952. The van der Waals surface area contributed by atoms with Gasteiger partial charge in [-0.1, -0.05) is 6.92 Å². The highest BCUT2D eigenvalue weighted by Gasteiger charge is 2.34. The number of aliphatic hydroxyl groups is 1. The van der Waals surface area contributed by atoms with E-state index in [1.807, 2.05) is 20.5 Å².